The van der Waals surface area contributed by atoms with E-state index >= 15 is 0 Å². The van der Waals surface area contributed by atoms with Gasteiger partial charge in [0, 0.05) is 18.7 Å². The molecule has 4 N–H and O–H groups in total. The molecule has 1 heterocycles. The van der Waals surface area contributed by atoms with Crippen LogP contribution in [0.3, 0.4) is 0 Å². The van der Waals surface area contributed by atoms with Crippen LogP contribution in [-0.2, 0) is 16.4 Å². The van der Waals surface area contributed by atoms with Gasteiger partial charge in [0.15, 0.2) is 0 Å². The summed E-state index contributed by atoms with van der Waals surface area (Å²) in [5, 5.41) is 14.8. The maximum Gasteiger partial charge on any atom is 0.238 e. The quantitative estimate of drug-likeness (QED) is 0.667. The molecule has 19 heavy (non-hydrogen) atoms. The van der Waals surface area contributed by atoms with Crippen molar-refractivity contribution in [1.82, 2.24) is 15.2 Å². The number of sulfonamides is 1. The number of aryl methyl sites for hydroxylation is 1. The Morgan fingerprint density at radius 1 is 1.26 bits per heavy atom. The number of primary sulfonamides is 1. The van der Waals surface area contributed by atoms with Crippen LogP contribution in [0.25, 0.3) is 0 Å². The third kappa shape index (κ3) is 4.04. The van der Waals surface area contributed by atoms with Crippen LogP contribution in [0.5, 0.6) is 0 Å². The van der Waals surface area contributed by atoms with Crippen LogP contribution >= 0.6 is 0 Å². The van der Waals surface area contributed by atoms with E-state index in [0.717, 1.165) is 30.9 Å². The van der Waals surface area contributed by atoms with Gasteiger partial charge in [-0.2, -0.15) is 5.10 Å². The summed E-state index contributed by atoms with van der Waals surface area (Å²) in [7, 11) is -3.62. The van der Waals surface area contributed by atoms with Gasteiger partial charge in [0.2, 0.25) is 10.0 Å². The Labute approximate surface area is 111 Å². The number of nitrogens with two attached hydrogens (primary N) is 1. The van der Waals surface area contributed by atoms with E-state index in [-0.39, 0.29) is 4.90 Å². The molecule has 2 rings (SSSR count). The van der Waals surface area contributed by atoms with Gasteiger partial charge in [0.25, 0.3) is 0 Å². The molecule has 2 aromatic rings. The van der Waals surface area contributed by atoms with Crippen molar-refractivity contribution >= 4 is 15.7 Å². The highest BCUT2D eigenvalue weighted by atomic mass is 32.2. The fraction of sp³-hybridized carbons (Fsp3) is 0.273. The van der Waals surface area contributed by atoms with E-state index in [4.69, 9.17) is 5.14 Å². The predicted molar refractivity (Wildman–Crippen MR) is 71.0 cm³/mol. The van der Waals surface area contributed by atoms with Gasteiger partial charge in [0.1, 0.15) is 12.2 Å². The van der Waals surface area contributed by atoms with Crippen LogP contribution in [0.2, 0.25) is 0 Å². The standard InChI is InChI=1S/C11H15N5O2S/c12-19(17,18)10-5-3-9(4-6-10)13-7-1-2-11-14-8-15-16-11/h3-6,8,13H,1-2,7H2,(H2,12,17,18)(H,14,15,16). The molecule has 0 fully saturated rings. The minimum Gasteiger partial charge on any atom is -0.385 e. The van der Waals surface area contributed by atoms with E-state index in [0.29, 0.717) is 0 Å². The van der Waals surface area contributed by atoms with Crippen LogP contribution in [0, 0.1) is 0 Å². The van der Waals surface area contributed by atoms with Gasteiger partial charge in [-0.05, 0) is 30.7 Å². The number of aromatic nitrogens is 3. The van der Waals surface area contributed by atoms with Crippen LogP contribution in [0.15, 0.2) is 35.5 Å². The summed E-state index contributed by atoms with van der Waals surface area (Å²) in [6, 6.07) is 6.34. The highest BCUT2D eigenvalue weighted by Gasteiger charge is 2.06. The monoisotopic (exact) mass is 281 g/mol. The molecule has 0 spiro atoms. The SMILES string of the molecule is NS(=O)(=O)c1ccc(NCCCc2ncn[nH]2)cc1. The Balaban J connectivity index is 1.80. The van der Waals surface area contributed by atoms with Crippen LogP contribution in [0.4, 0.5) is 5.69 Å². The van der Waals surface area contributed by atoms with Crippen molar-refractivity contribution in [2.24, 2.45) is 5.14 Å². The van der Waals surface area contributed by atoms with Crippen molar-refractivity contribution in [2.45, 2.75) is 17.7 Å². The summed E-state index contributed by atoms with van der Waals surface area (Å²) in [6.07, 6.45) is 3.18. The number of aromatic amines is 1. The lowest BCUT2D eigenvalue weighted by Gasteiger charge is -2.06. The Morgan fingerprint density at radius 3 is 2.58 bits per heavy atom. The van der Waals surface area contributed by atoms with Crippen molar-refractivity contribution in [3.8, 4) is 0 Å². The van der Waals surface area contributed by atoms with Crippen LogP contribution in [-0.4, -0.2) is 30.1 Å². The van der Waals surface area contributed by atoms with Gasteiger partial charge in [-0.15, -0.1) is 0 Å². The van der Waals surface area contributed by atoms with E-state index in [1.807, 2.05) is 0 Å². The number of hydrogen-bond donors (Lipinski definition) is 3. The Morgan fingerprint density at radius 2 is 2.00 bits per heavy atom. The molecular formula is C11H15N5O2S. The third-order valence-corrected chi connectivity index (χ3v) is 3.50. The third-order valence-electron chi connectivity index (χ3n) is 2.57. The number of hydrogen-bond acceptors (Lipinski definition) is 5. The van der Waals surface area contributed by atoms with Gasteiger partial charge < -0.3 is 5.32 Å². The van der Waals surface area contributed by atoms with Crippen molar-refractivity contribution in [1.29, 1.82) is 0 Å². The average molecular weight is 281 g/mol. The lowest BCUT2D eigenvalue weighted by molar-refractivity contribution is 0.598. The first-order valence-electron chi connectivity index (χ1n) is 5.77. The Kier molecular flexibility index (Phi) is 4.13. The molecule has 1 aromatic heterocycles. The highest BCUT2D eigenvalue weighted by molar-refractivity contribution is 7.89. The molecule has 0 saturated carbocycles. The zero-order valence-electron chi connectivity index (χ0n) is 10.2. The average Bonchev–Trinajstić information content (AvgIpc) is 2.87. The fourth-order valence-corrected chi connectivity index (χ4v) is 2.12. The first kappa shape index (κ1) is 13.5. The maximum atomic E-state index is 11.1. The summed E-state index contributed by atoms with van der Waals surface area (Å²) in [5.41, 5.74) is 0.852. The topological polar surface area (TPSA) is 114 Å². The molecule has 0 radical (unpaired) electrons. The molecule has 0 bridgehead atoms. The second-order valence-corrected chi connectivity index (χ2v) is 5.59. The minimum absolute atomic E-state index is 0.111. The number of nitrogens with one attached hydrogen (secondary N) is 2. The molecular weight excluding hydrogens is 266 g/mol. The summed E-state index contributed by atoms with van der Waals surface area (Å²) < 4.78 is 22.2. The number of anilines is 1. The lowest BCUT2D eigenvalue weighted by atomic mass is 10.2. The van der Waals surface area contributed by atoms with Crippen molar-refractivity contribution in [3.05, 3.63) is 36.4 Å². The molecule has 102 valence electrons. The number of nitrogens with zero attached hydrogens (tertiary/aromatic N) is 2. The zero-order chi connectivity index (χ0) is 13.7. The predicted octanol–water partition coefficient (Wildman–Crippen LogP) is 0.497. The Hall–Kier alpha value is -1.93. The van der Waals surface area contributed by atoms with E-state index in [1.165, 1.54) is 18.5 Å². The molecule has 7 nitrogen and oxygen atoms in total. The lowest BCUT2D eigenvalue weighted by Crippen LogP contribution is -2.12. The van der Waals surface area contributed by atoms with Gasteiger partial charge in [-0.1, -0.05) is 0 Å². The minimum atomic E-state index is -3.62. The van der Waals surface area contributed by atoms with Gasteiger partial charge in [0.05, 0.1) is 4.90 Å². The van der Waals surface area contributed by atoms with Crippen LogP contribution in [0.1, 0.15) is 12.2 Å². The molecule has 1 aromatic carbocycles. The van der Waals surface area contributed by atoms with Crippen molar-refractivity contribution < 1.29 is 8.42 Å². The molecule has 0 amide bonds. The first-order chi connectivity index (χ1) is 9.05. The summed E-state index contributed by atoms with van der Waals surface area (Å²) >= 11 is 0. The highest BCUT2D eigenvalue weighted by Crippen LogP contribution is 2.12. The summed E-state index contributed by atoms with van der Waals surface area (Å²) in [4.78, 5) is 4.14. The number of benzene rings is 1. The Bertz CT molecular complexity index is 607. The van der Waals surface area contributed by atoms with E-state index < -0.39 is 10.0 Å². The number of H-pyrrole nitrogens is 1. The van der Waals surface area contributed by atoms with Crippen molar-refractivity contribution in [2.75, 3.05) is 11.9 Å². The van der Waals surface area contributed by atoms with E-state index in [1.54, 1.807) is 12.1 Å². The smallest absolute Gasteiger partial charge is 0.238 e. The molecule has 0 aliphatic carbocycles. The zero-order valence-corrected chi connectivity index (χ0v) is 11.0. The molecule has 0 saturated heterocycles. The van der Waals surface area contributed by atoms with Gasteiger partial charge in [-0.25, -0.2) is 18.5 Å². The fourth-order valence-electron chi connectivity index (χ4n) is 1.60. The molecule has 0 aliphatic heterocycles. The normalized spacial score (nSPS) is 11.4. The molecule has 0 atom stereocenters. The largest absolute Gasteiger partial charge is 0.385 e. The van der Waals surface area contributed by atoms with Crippen LogP contribution < -0.4 is 10.5 Å². The molecule has 0 unspecified atom stereocenters. The van der Waals surface area contributed by atoms with Gasteiger partial charge in [-0.3, -0.25) is 5.10 Å². The molecule has 8 heteroatoms. The number of rotatable bonds is 6. The summed E-state index contributed by atoms with van der Waals surface area (Å²) in [6.45, 7) is 0.759. The van der Waals surface area contributed by atoms with Gasteiger partial charge >= 0.3 is 0 Å². The second-order valence-electron chi connectivity index (χ2n) is 4.03. The maximum absolute atomic E-state index is 11.1. The van der Waals surface area contributed by atoms with E-state index in [2.05, 4.69) is 20.5 Å². The summed E-state index contributed by atoms with van der Waals surface area (Å²) in [5.74, 6) is 0.853. The first-order valence-corrected chi connectivity index (χ1v) is 7.31. The molecule has 0 aliphatic rings. The van der Waals surface area contributed by atoms with Crippen molar-refractivity contribution in [3.63, 3.8) is 0 Å². The van der Waals surface area contributed by atoms with E-state index in [9.17, 15) is 8.42 Å². The second kappa shape index (κ2) is 5.81.